The number of rotatable bonds is 3. The molecule has 92 valence electrons. The maximum atomic E-state index is 11.9. The number of carbonyl (C=O) groups is 1. The van der Waals surface area contributed by atoms with Crippen LogP contribution in [0.25, 0.3) is 0 Å². The third-order valence-corrected chi connectivity index (χ3v) is 3.00. The van der Waals surface area contributed by atoms with Gasteiger partial charge in [-0.1, -0.05) is 17.0 Å². The van der Waals surface area contributed by atoms with Crippen molar-refractivity contribution in [2.45, 2.75) is 6.54 Å². The first-order chi connectivity index (χ1) is 8.81. The Kier molecular flexibility index (Phi) is 4.12. The second-order valence-corrected chi connectivity index (χ2v) is 4.20. The maximum Gasteiger partial charge on any atom is 0.263 e. The van der Waals surface area contributed by atoms with Gasteiger partial charge in [-0.3, -0.25) is 4.79 Å². The summed E-state index contributed by atoms with van der Waals surface area (Å²) in [5.41, 5.74) is 0.615. The molecule has 2 aromatic rings. The Bertz CT molecular complexity index is 578. The van der Waals surface area contributed by atoms with Gasteiger partial charge >= 0.3 is 0 Å². The normalized spacial score (nSPS) is 9.61. The van der Waals surface area contributed by atoms with Crippen molar-refractivity contribution in [3.05, 3.63) is 39.9 Å². The lowest BCUT2D eigenvalue weighted by molar-refractivity contribution is 0.0951. The molecular weight excluding hydrogens is 252 g/mol. The van der Waals surface area contributed by atoms with Crippen LogP contribution < -0.4 is 5.32 Å². The van der Waals surface area contributed by atoms with Gasteiger partial charge in [0.05, 0.1) is 12.7 Å². The van der Waals surface area contributed by atoms with Crippen molar-refractivity contribution in [2.75, 3.05) is 6.61 Å². The quantitative estimate of drug-likeness (QED) is 0.809. The zero-order chi connectivity index (χ0) is 12.8. The minimum absolute atomic E-state index is 0.219. The SMILES string of the molecule is O=C(NCc1ccno1)c1sccc1C#CCO. The second-order valence-electron chi connectivity index (χ2n) is 3.28. The molecule has 2 rings (SSSR count). The molecule has 0 bridgehead atoms. The Balaban J connectivity index is 2.02. The summed E-state index contributed by atoms with van der Waals surface area (Å²) in [5.74, 6) is 5.62. The summed E-state index contributed by atoms with van der Waals surface area (Å²) in [5, 5.41) is 16.7. The minimum Gasteiger partial charge on any atom is -0.384 e. The molecule has 0 saturated carbocycles. The molecule has 0 fully saturated rings. The highest BCUT2D eigenvalue weighted by atomic mass is 32.1. The number of nitrogens with one attached hydrogen (secondary N) is 1. The molecule has 2 aromatic heterocycles. The summed E-state index contributed by atoms with van der Waals surface area (Å²) >= 11 is 1.30. The fourth-order valence-electron chi connectivity index (χ4n) is 1.30. The minimum atomic E-state index is -0.227. The molecule has 18 heavy (non-hydrogen) atoms. The van der Waals surface area contributed by atoms with Crippen molar-refractivity contribution < 1.29 is 14.4 Å². The van der Waals surface area contributed by atoms with Crippen LogP contribution in [0.5, 0.6) is 0 Å². The van der Waals surface area contributed by atoms with E-state index >= 15 is 0 Å². The average Bonchev–Trinajstić information content (AvgIpc) is 3.04. The number of aliphatic hydroxyl groups is 1. The van der Waals surface area contributed by atoms with Gasteiger partial charge < -0.3 is 14.9 Å². The van der Waals surface area contributed by atoms with E-state index in [0.717, 1.165) is 0 Å². The van der Waals surface area contributed by atoms with E-state index in [1.165, 1.54) is 17.5 Å². The number of amides is 1. The summed E-state index contributed by atoms with van der Waals surface area (Å²) in [6.45, 7) is 0.0541. The highest BCUT2D eigenvalue weighted by Gasteiger charge is 2.12. The summed E-state index contributed by atoms with van der Waals surface area (Å²) in [6, 6.07) is 3.43. The second kappa shape index (κ2) is 6.00. The van der Waals surface area contributed by atoms with Crippen molar-refractivity contribution in [3.63, 3.8) is 0 Å². The van der Waals surface area contributed by atoms with E-state index in [4.69, 9.17) is 9.63 Å². The fourth-order valence-corrected chi connectivity index (χ4v) is 2.06. The Hall–Kier alpha value is -2.10. The zero-order valence-corrected chi connectivity index (χ0v) is 10.2. The van der Waals surface area contributed by atoms with Crippen LogP contribution in [0.3, 0.4) is 0 Å². The largest absolute Gasteiger partial charge is 0.384 e. The number of nitrogens with zero attached hydrogens (tertiary/aromatic N) is 1. The van der Waals surface area contributed by atoms with Crippen molar-refractivity contribution in [3.8, 4) is 11.8 Å². The van der Waals surface area contributed by atoms with Gasteiger partial charge in [-0.15, -0.1) is 11.3 Å². The first kappa shape index (κ1) is 12.4. The van der Waals surface area contributed by atoms with Crippen LogP contribution in [-0.2, 0) is 6.54 Å². The summed E-state index contributed by atoms with van der Waals surface area (Å²) in [4.78, 5) is 12.4. The molecule has 0 aliphatic rings. The molecule has 1 amide bonds. The standard InChI is InChI=1S/C12H10N2O3S/c15-6-1-2-9-4-7-18-11(9)12(16)13-8-10-3-5-14-17-10/h3-5,7,15H,6,8H2,(H,13,16). The predicted octanol–water partition coefficient (Wildman–Crippen LogP) is 1.01. The molecule has 0 aliphatic heterocycles. The average molecular weight is 262 g/mol. The highest BCUT2D eigenvalue weighted by molar-refractivity contribution is 7.12. The molecule has 2 N–H and O–H groups in total. The summed E-state index contributed by atoms with van der Waals surface area (Å²) < 4.78 is 4.87. The van der Waals surface area contributed by atoms with Gasteiger partial charge in [-0.05, 0) is 11.4 Å². The lowest BCUT2D eigenvalue weighted by Gasteiger charge is -2.00. The molecule has 0 spiro atoms. The van der Waals surface area contributed by atoms with Crippen molar-refractivity contribution in [1.82, 2.24) is 10.5 Å². The monoisotopic (exact) mass is 262 g/mol. The number of aliphatic hydroxyl groups excluding tert-OH is 1. The predicted molar refractivity (Wildman–Crippen MR) is 66.0 cm³/mol. The Labute approximate surface area is 107 Å². The molecule has 6 heteroatoms. The Morgan fingerprint density at radius 3 is 3.17 bits per heavy atom. The summed E-state index contributed by atoms with van der Waals surface area (Å²) in [7, 11) is 0. The smallest absolute Gasteiger partial charge is 0.263 e. The van der Waals surface area contributed by atoms with Gasteiger partial charge in [0.15, 0.2) is 5.76 Å². The molecule has 0 atom stereocenters. The maximum absolute atomic E-state index is 11.9. The molecule has 2 heterocycles. The molecule has 0 aromatic carbocycles. The number of carbonyl (C=O) groups excluding carboxylic acids is 1. The number of hydrogen-bond donors (Lipinski definition) is 2. The summed E-state index contributed by atoms with van der Waals surface area (Å²) in [6.07, 6.45) is 1.52. The lowest BCUT2D eigenvalue weighted by atomic mass is 10.2. The van der Waals surface area contributed by atoms with E-state index in [9.17, 15) is 4.79 Å². The van der Waals surface area contributed by atoms with Crippen LogP contribution in [-0.4, -0.2) is 22.8 Å². The highest BCUT2D eigenvalue weighted by Crippen LogP contribution is 2.15. The lowest BCUT2D eigenvalue weighted by Crippen LogP contribution is -2.22. The van der Waals surface area contributed by atoms with Gasteiger partial charge in [0.1, 0.15) is 11.5 Å². The topological polar surface area (TPSA) is 75.4 Å². The molecule has 5 nitrogen and oxygen atoms in total. The van der Waals surface area contributed by atoms with Crippen molar-refractivity contribution in [1.29, 1.82) is 0 Å². The third-order valence-electron chi connectivity index (χ3n) is 2.09. The van der Waals surface area contributed by atoms with Crippen LogP contribution >= 0.6 is 11.3 Å². The van der Waals surface area contributed by atoms with E-state index in [1.807, 2.05) is 0 Å². The number of thiophene rings is 1. The Morgan fingerprint density at radius 1 is 1.56 bits per heavy atom. The van der Waals surface area contributed by atoms with Crippen LogP contribution in [0.4, 0.5) is 0 Å². The van der Waals surface area contributed by atoms with Crippen LogP contribution in [0, 0.1) is 11.8 Å². The first-order valence-electron chi connectivity index (χ1n) is 5.16. The first-order valence-corrected chi connectivity index (χ1v) is 6.04. The van der Waals surface area contributed by atoms with E-state index in [-0.39, 0.29) is 19.1 Å². The number of hydrogen-bond acceptors (Lipinski definition) is 5. The molecule has 0 aliphatic carbocycles. The van der Waals surface area contributed by atoms with E-state index in [0.29, 0.717) is 16.2 Å². The van der Waals surface area contributed by atoms with Crippen LogP contribution in [0.15, 0.2) is 28.2 Å². The molecule has 0 unspecified atom stereocenters. The van der Waals surface area contributed by atoms with Gasteiger partial charge in [0, 0.05) is 11.6 Å². The van der Waals surface area contributed by atoms with Crippen LogP contribution in [0.2, 0.25) is 0 Å². The van der Waals surface area contributed by atoms with Crippen LogP contribution in [0.1, 0.15) is 21.0 Å². The molecule has 0 saturated heterocycles. The van der Waals surface area contributed by atoms with Crippen molar-refractivity contribution >= 4 is 17.2 Å². The zero-order valence-electron chi connectivity index (χ0n) is 9.34. The number of aromatic nitrogens is 1. The molecule has 0 radical (unpaired) electrons. The van der Waals surface area contributed by atoms with Crippen molar-refractivity contribution in [2.24, 2.45) is 0 Å². The van der Waals surface area contributed by atoms with Gasteiger partial charge in [0.2, 0.25) is 0 Å². The molecular formula is C12H10N2O3S. The van der Waals surface area contributed by atoms with E-state index in [2.05, 4.69) is 22.3 Å². The van der Waals surface area contributed by atoms with Gasteiger partial charge in [-0.25, -0.2) is 0 Å². The van der Waals surface area contributed by atoms with E-state index < -0.39 is 0 Å². The third kappa shape index (κ3) is 2.97. The van der Waals surface area contributed by atoms with Gasteiger partial charge in [-0.2, -0.15) is 0 Å². The van der Waals surface area contributed by atoms with E-state index in [1.54, 1.807) is 17.5 Å². The Morgan fingerprint density at radius 2 is 2.44 bits per heavy atom. The fraction of sp³-hybridized carbons (Fsp3) is 0.167. The van der Waals surface area contributed by atoms with Gasteiger partial charge in [0.25, 0.3) is 5.91 Å².